The van der Waals surface area contributed by atoms with Crippen molar-refractivity contribution in [3.05, 3.63) is 29.3 Å². The number of benzene rings is 1. The minimum Gasteiger partial charge on any atom is -0.505 e. The van der Waals surface area contributed by atoms with Crippen LogP contribution in [-0.2, 0) is 0 Å². The summed E-state index contributed by atoms with van der Waals surface area (Å²) in [5.41, 5.74) is 0.332. The molecule has 1 N–H and O–H groups in total. The van der Waals surface area contributed by atoms with Crippen LogP contribution in [0.4, 0.5) is 8.78 Å². The molecule has 3 heteroatoms. The first kappa shape index (κ1) is 10.9. The summed E-state index contributed by atoms with van der Waals surface area (Å²) in [6.45, 7) is 5.50. The summed E-state index contributed by atoms with van der Waals surface area (Å²) in [5, 5.41) is 8.77. The van der Waals surface area contributed by atoms with Crippen molar-refractivity contribution in [1.29, 1.82) is 0 Å². The molecule has 68 valence electrons. The van der Waals surface area contributed by atoms with Gasteiger partial charge in [-0.25, -0.2) is 4.39 Å². The van der Waals surface area contributed by atoms with Gasteiger partial charge in [-0.1, -0.05) is 19.9 Å². The Morgan fingerprint density at radius 2 is 1.67 bits per heavy atom. The normalized spacial score (nSPS) is 8.75. The number of hydrogen-bond donors (Lipinski definition) is 1. The van der Waals surface area contributed by atoms with Gasteiger partial charge >= 0.3 is 0 Å². The van der Waals surface area contributed by atoms with Crippen molar-refractivity contribution >= 4 is 0 Å². The van der Waals surface area contributed by atoms with Crippen LogP contribution in [0.15, 0.2) is 12.1 Å². The summed E-state index contributed by atoms with van der Waals surface area (Å²) >= 11 is 0. The van der Waals surface area contributed by atoms with Crippen molar-refractivity contribution in [2.24, 2.45) is 0 Å². The van der Waals surface area contributed by atoms with E-state index in [0.29, 0.717) is 5.56 Å². The smallest absolute Gasteiger partial charge is 0.200 e. The Morgan fingerprint density at radius 1 is 1.17 bits per heavy atom. The molecule has 0 spiro atoms. The Morgan fingerprint density at radius 3 is 2.08 bits per heavy atom. The minimum atomic E-state index is -1.18. The summed E-state index contributed by atoms with van der Waals surface area (Å²) in [6, 6.07) is 2.29. The third kappa shape index (κ3) is 2.19. The maximum absolute atomic E-state index is 12.4. The third-order valence-electron chi connectivity index (χ3n) is 1.27. The van der Waals surface area contributed by atoms with Crippen molar-refractivity contribution in [3.63, 3.8) is 0 Å². The van der Waals surface area contributed by atoms with Gasteiger partial charge in [-0.3, -0.25) is 0 Å². The molecule has 0 aliphatic heterocycles. The Balaban J connectivity index is 0.000000561. The molecule has 0 aliphatic rings. The topological polar surface area (TPSA) is 20.2 Å². The Bertz CT molecular complexity index is 232. The van der Waals surface area contributed by atoms with E-state index in [1.54, 1.807) is 0 Å². The molecule has 0 aromatic heterocycles. The molecular weight excluding hydrogens is 162 g/mol. The fourth-order valence-corrected chi connectivity index (χ4v) is 0.636. The number of aromatic hydroxyl groups is 1. The van der Waals surface area contributed by atoms with Gasteiger partial charge in [0.25, 0.3) is 0 Å². The van der Waals surface area contributed by atoms with E-state index in [4.69, 9.17) is 5.11 Å². The Hall–Kier alpha value is -1.12. The quantitative estimate of drug-likeness (QED) is 0.641. The zero-order valence-corrected chi connectivity index (χ0v) is 7.36. The van der Waals surface area contributed by atoms with Crippen molar-refractivity contribution in [3.8, 4) is 5.75 Å². The highest BCUT2D eigenvalue weighted by Gasteiger charge is 2.08. The van der Waals surface area contributed by atoms with Crippen LogP contribution >= 0.6 is 0 Å². The van der Waals surface area contributed by atoms with Crippen LogP contribution in [-0.4, -0.2) is 5.11 Å². The van der Waals surface area contributed by atoms with Gasteiger partial charge in [0.15, 0.2) is 11.6 Å². The molecule has 0 saturated carbocycles. The van der Waals surface area contributed by atoms with E-state index in [1.807, 2.05) is 13.8 Å². The first-order valence-corrected chi connectivity index (χ1v) is 3.76. The Labute approximate surface area is 70.7 Å². The zero-order valence-electron chi connectivity index (χ0n) is 7.36. The summed E-state index contributed by atoms with van der Waals surface area (Å²) in [7, 11) is 0. The average Bonchev–Trinajstić information content (AvgIpc) is 2.12. The van der Waals surface area contributed by atoms with Gasteiger partial charge < -0.3 is 5.11 Å². The number of phenolic OH excluding ortho intramolecular Hbond substituents is 1. The minimum absolute atomic E-state index is 0.332. The van der Waals surface area contributed by atoms with Crippen molar-refractivity contribution in [2.75, 3.05) is 0 Å². The highest BCUT2D eigenvalue weighted by Crippen LogP contribution is 2.21. The molecule has 0 aliphatic carbocycles. The van der Waals surface area contributed by atoms with Crippen molar-refractivity contribution < 1.29 is 13.9 Å². The molecule has 12 heavy (non-hydrogen) atoms. The highest BCUT2D eigenvalue weighted by molar-refractivity contribution is 5.32. The van der Waals surface area contributed by atoms with Crippen LogP contribution in [0.1, 0.15) is 19.4 Å². The number of hydrogen-bond acceptors (Lipinski definition) is 1. The number of aryl methyl sites for hydroxylation is 1. The van der Waals surface area contributed by atoms with Crippen LogP contribution in [0.2, 0.25) is 0 Å². The molecule has 0 heterocycles. The predicted octanol–water partition coefficient (Wildman–Crippen LogP) is 3.01. The fourth-order valence-electron chi connectivity index (χ4n) is 0.636. The molecule has 1 aromatic carbocycles. The third-order valence-corrected chi connectivity index (χ3v) is 1.27. The first-order chi connectivity index (χ1) is 5.63. The summed E-state index contributed by atoms with van der Waals surface area (Å²) in [6.07, 6.45) is 0. The van der Waals surface area contributed by atoms with Crippen molar-refractivity contribution in [2.45, 2.75) is 20.8 Å². The van der Waals surface area contributed by atoms with Crippen LogP contribution < -0.4 is 0 Å². The lowest BCUT2D eigenvalue weighted by molar-refractivity contribution is 0.403. The largest absolute Gasteiger partial charge is 0.505 e. The van der Waals surface area contributed by atoms with Gasteiger partial charge in [0, 0.05) is 0 Å². The standard InChI is InChI=1S/C7H6F2O.C2H6/c1-4-2-3-5(8)6(9)7(4)10;1-2/h2-3,10H,1H3;1-2H3. The lowest BCUT2D eigenvalue weighted by Gasteiger charge is -1.98. The van der Waals surface area contributed by atoms with Crippen LogP contribution in [0.3, 0.4) is 0 Å². The van der Waals surface area contributed by atoms with Crippen LogP contribution in [0, 0.1) is 18.6 Å². The van der Waals surface area contributed by atoms with Gasteiger partial charge in [-0.15, -0.1) is 0 Å². The Kier molecular flexibility index (Phi) is 4.26. The van der Waals surface area contributed by atoms with E-state index >= 15 is 0 Å². The van der Waals surface area contributed by atoms with Gasteiger partial charge in [-0.2, -0.15) is 4.39 Å². The number of phenols is 1. The van der Waals surface area contributed by atoms with E-state index in [0.717, 1.165) is 6.07 Å². The molecule has 1 rings (SSSR count). The van der Waals surface area contributed by atoms with Crippen molar-refractivity contribution in [1.82, 2.24) is 0 Å². The molecule has 1 nitrogen and oxygen atoms in total. The van der Waals surface area contributed by atoms with Crippen LogP contribution in [0.5, 0.6) is 5.75 Å². The maximum Gasteiger partial charge on any atom is 0.200 e. The lowest BCUT2D eigenvalue weighted by atomic mass is 10.2. The molecule has 0 saturated heterocycles. The number of rotatable bonds is 0. The fraction of sp³-hybridized carbons (Fsp3) is 0.333. The van der Waals surface area contributed by atoms with E-state index < -0.39 is 17.4 Å². The summed E-state index contributed by atoms with van der Waals surface area (Å²) in [5.74, 6) is -2.82. The SMILES string of the molecule is CC.Cc1ccc(F)c(F)c1O. The summed E-state index contributed by atoms with van der Waals surface area (Å²) < 4.78 is 24.6. The van der Waals surface area contributed by atoms with Gasteiger partial charge in [0.1, 0.15) is 0 Å². The maximum atomic E-state index is 12.4. The van der Waals surface area contributed by atoms with Gasteiger partial charge in [0.05, 0.1) is 0 Å². The molecule has 0 radical (unpaired) electrons. The summed E-state index contributed by atoms with van der Waals surface area (Å²) in [4.78, 5) is 0. The van der Waals surface area contributed by atoms with E-state index in [2.05, 4.69) is 0 Å². The second-order valence-electron chi connectivity index (χ2n) is 2.03. The van der Waals surface area contributed by atoms with E-state index in [9.17, 15) is 8.78 Å². The molecule has 1 aromatic rings. The zero-order chi connectivity index (χ0) is 9.72. The molecule has 0 bridgehead atoms. The van der Waals surface area contributed by atoms with Gasteiger partial charge in [0.2, 0.25) is 5.82 Å². The van der Waals surface area contributed by atoms with E-state index in [1.165, 1.54) is 13.0 Å². The average molecular weight is 174 g/mol. The number of halogens is 2. The lowest BCUT2D eigenvalue weighted by Crippen LogP contribution is -1.85. The van der Waals surface area contributed by atoms with Gasteiger partial charge in [-0.05, 0) is 18.6 Å². The molecule has 0 atom stereocenters. The molecular formula is C9H12F2O. The van der Waals surface area contributed by atoms with Crippen LogP contribution in [0.25, 0.3) is 0 Å². The molecule has 0 amide bonds. The second kappa shape index (κ2) is 4.70. The van der Waals surface area contributed by atoms with E-state index in [-0.39, 0.29) is 0 Å². The monoisotopic (exact) mass is 174 g/mol. The second-order valence-corrected chi connectivity index (χ2v) is 2.03. The predicted molar refractivity (Wildman–Crippen MR) is 44.1 cm³/mol. The first-order valence-electron chi connectivity index (χ1n) is 3.76. The molecule has 0 unspecified atom stereocenters. The highest BCUT2D eigenvalue weighted by atomic mass is 19.2. The molecule has 0 fully saturated rings.